The molecule has 1 aliphatic rings. The summed E-state index contributed by atoms with van der Waals surface area (Å²) in [6.45, 7) is 6.72. The summed E-state index contributed by atoms with van der Waals surface area (Å²) in [5, 5.41) is 7.13. The number of rotatable bonds is 4. The molecule has 1 saturated carbocycles. The first-order chi connectivity index (χ1) is 11.5. The van der Waals surface area contributed by atoms with Gasteiger partial charge in [0.1, 0.15) is 0 Å². The van der Waals surface area contributed by atoms with Gasteiger partial charge in [-0.25, -0.2) is 0 Å². The Bertz CT molecular complexity index is 681. The minimum absolute atomic E-state index is 0.149. The van der Waals surface area contributed by atoms with E-state index in [4.69, 9.17) is 4.52 Å². The molecule has 1 amide bonds. The molecule has 5 nitrogen and oxygen atoms in total. The van der Waals surface area contributed by atoms with Crippen LogP contribution in [0, 0.1) is 17.8 Å². The predicted octanol–water partition coefficient (Wildman–Crippen LogP) is 3.93. The summed E-state index contributed by atoms with van der Waals surface area (Å²) in [7, 11) is 0. The minimum atomic E-state index is -0.149. The van der Waals surface area contributed by atoms with Crippen molar-refractivity contribution >= 4 is 5.91 Å². The Morgan fingerprint density at radius 3 is 2.75 bits per heavy atom. The zero-order valence-corrected chi connectivity index (χ0v) is 14.5. The van der Waals surface area contributed by atoms with Crippen molar-refractivity contribution < 1.29 is 9.32 Å². The van der Waals surface area contributed by atoms with Gasteiger partial charge in [0.05, 0.1) is 0 Å². The lowest BCUT2D eigenvalue weighted by molar-refractivity contribution is 0.0859. The van der Waals surface area contributed by atoms with Crippen LogP contribution in [-0.2, 0) is 0 Å². The van der Waals surface area contributed by atoms with Gasteiger partial charge in [-0.05, 0) is 42.7 Å². The Labute approximate surface area is 142 Å². The van der Waals surface area contributed by atoms with Gasteiger partial charge in [-0.3, -0.25) is 9.78 Å². The lowest BCUT2D eigenvalue weighted by Gasteiger charge is -2.37. The van der Waals surface area contributed by atoms with E-state index in [0.717, 1.165) is 12.0 Å². The van der Waals surface area contributed by atoms with Crippen LogP contribution in [-0.4, -0.2) is 22.1 Å². The molecule has 128 valence electrons. The van der Waals surface area contributed by atoms with Gasteiger partial charge in [-0.15, -0.1) is 0 Å². The molecule has 0 aromatic carbocycles. The van der Waals surface area contributed by atoms with E-state index in [9.17, 15) is 4.79 Å². The van der Waals surface area contributed by atoms with Crippen LogP contribution in [0.4, 0.5) is 0 Å². The van der Waals surface area contributed by atoms with E-state index >= 15 is 0 Å². The maximum Gasteiger partial charge on any atom is 0.273 e. The summed E-state index contributed by atoms with van der Waals surface area (Å²) in [6.07, 6.45) is 6.82. The molecule has 0 spiro atoms. The van der Waals surface area contributed by atoms with Gasteiger partial charge >= 0.3 is 0 Å². The van der Waals surface area contributed by atoms with E-state index in [1.165, 1.54) is 12.8 Å². The number of nitrogens with one attached hydrogen (secondary N) is 1. The lowest BCUT2D eigenvalue weighted by atomic mass is 9.74. The second-order valence-corrected chi connectivity index (χ2v) is 7.22. The Morgan fingerprint density at radius 1 is 1.29 bits per heavy atom. The number of amides is 1. The van der Waals surface area contributed by atoms with Crippen LogP contribution < -0.4 is 5.32 Å². The maximum atomic E-state index is 12.6. The second-order valence-electron chi connectivity index (χ2n) is 7.22. The molecule has 1 aliphatic carbocycles. The molecule has 1 N–H and O–H groups in total. The smallest absolute Gasteiger partial charge is 0.273 e. The van der Waals surface area contributed by atoms with Crippen molar-refractivity contribution in [3.63, 3.8) is 0 Å². The van der Waals surface area contributed by atoms with Crippen LogP contribution in [0.5, 0.6) is 0 Å². The van der Waals surface area contributed by atoms with Gasteiger partial charge in [0.25, 0.3) is 5.91 Å². The molecular formula is C19H25N3O2. The second kappa shape index (κ2) is 7.16. The van der Waals surface area contributed by atoms with E-state index < -0.39 is 0 Å². The molecule has 2 heterocycles. The first kappa shape index (κ1) is 16.7. The Balaban J connectivity index is 1.71. The van der Waals surface area contributed by atoms with Gasteiger partial charge in [0.15, 0.2) is 11.5 Å². The highest BCUT2D eigenvalue weighted by atomic mass is 16.5. The molecule has 0 bridgehead atoms. The van der Waals surface area contributed by atoms with Crippen molar-refractivity contribution in [3.8, 4) is 11.3 Å². The normalized spacial score (nSPS) is 24.1. The average molecular weight is 327 g/mol. The van der Waals surface area contributed by atoms with Gasteiger partial charge in [-0.2, -0.15) is 0 Å². The van der Waals surface area contributed by atoms with Crippen LogP contribution in [0.3, 0.4) is 0 Å². The van der Waals surface area contributed by atoms with Crippen molar-refractivity contribution in [3.05, 3.63) is 36.3 Å². The molecule has 3 rings (SSSR count). The number of carbonyl (C=O) groups is 1. The van der Waals surface area contributed by atoms with Crippen LogP contribution >= 0.6 is 0 Å². The third-order valence-electron chi connectivity index (χ3n) is 5.05. The number of aromatic nitrogens is 2. The van der Waals surface area contributed by atoms with Gasteiger partial charge in [-0.1, -0.05) is 32.3 Å². The largest absolute Gasteiger partial charge is 0.355 e. The van der Waals surface area contributed by atoms with Crippen molar-refractivity contribution in [1.82, 2.24) is 15.5 Å². The van der Waals surface area contributed by atoms with E-state index in [0.29, 0.717) is 29.2 Å². The molecule has 0 saturated heterocycles. The zero-order chi connectivity index (χ0) is 17.1. The Morgan fingerprint density at radius 2 is 2.04 bits per heavy atom. The fraction of sp³-hybridized carbons (Fsp3) is 0.526. The summed E-state index contributed by atoms with van der Waals surface area (Å²) in [6, 6.07) is 5.57. The van der Waals surface area contributed by atoms with Gasteiger partial charge in [0.2, 0.25) is 0 Å². The Hall–Kier alpha value is -2.17. The highest BCUT2D eigenvalue weighted by Crippen LogP contribution is 2.33. The van der Waals surface area contributed by atoms with Crippen molar-refractivity contribution in [2.24, 2.45) is 17.8 Å². The lowest BCUT2D eigenvalue weighted by Crippen LogP contribution is -2.45. The molecule has 0 aliphatic heterocycles. The van der Waals surface area contributed by atoms with Crippen LogP contribution in [0.1, 0.15) is 50.5 Å². The standard InChI is InChI=1S/C19H25N3O2/c1-12(2)15-5-4-13(3)10-16(15)21-19(23)17-11-18(24-22-17)14-6-8-20-9-7-14/h6-9,11-13,15-16H,4-5,10H2,1-3H3,(H,21,23). The molecule has 0 radical (unpaired) electrons. The van der Waals surface area contributed by atoms with Gasteiger partial charge in [0, 0.05) is 30.1 Å². The van der Waals surface area contributed by atoms with E-state index in [1.807, 2.05) is 12.1 Å². The number of hydrogen-bond donors (Lipinski definition) is 1. The number of pyridine rings is 1. The molecule has 24 heavy (non-hydrogen) atoms. The van der Waals surface area contributed by atoms with E-state index in [1.54, 1.807) is 18.5 Å². The van der Waals surface area contributed by atoms with Crippen molar-refractivity contribution in [2.75, 3.05) is 0 Å². The molecule has 3 unspecified atom stereocenters. The monoisotopic (exact) mass is 327 g/mol. The number of nitrogens with zero attached hydrogens (tertiary/aromatic N) is 2. The quantitative estimate of drug-likeness (QED) is 0.924. The van der Waals surface area contributed by atoms with Crippen molar-refractivity contribution in [2.45, 2.75) is 46.1 Å². The summed E-state index contributed by atoms with van der Waals surface area (Å²) in [4.78, 5) is 16.6. The Kier molecular flexibility index (Phi) is 4.97. The van der Waals surface area contributed by atoms with Gasteiger partial charge < -0.3 is 9.84 Å². The molecular weight excluding hydrogens is 302 g/mol. The van der Waals surface area contributed by atoms with Crippen molar-refractivity contribution in [1.29, 1.82) is 0 Å². The molecule has 3 atom stereocenters. The van der Waals surface area contributed by atoms with Crippen LogP contribution in [0.25, 0.3) is 11.3 Å². The summed E-state index contributed by atoms with van der Waals surface area (Å²) in [5.41, 5.74) is 1.20. The first-order valence-electron chi connectivity index (χ1n) is 8.72. The predicted molar refractivity (Wildman–Crippen MR) is 92.3 cm³/mol. The highest BCUT2D eigenvalue weighted by Gasteiger charge is 2.32. The maximum absolute atomic E-state index is 12.6. The zero-order valence-electron chi connectivity index (χ0n) is 14.5. The average Bonchev–Trinajstić information content (AvgIpc) is 3.05. The van der Waals surface area contributed by atoms with E-state index in [-0.39, 0.29) is 11.9 Å². The molecule has 1 fully saturated rings. The molecule has 2 aromatic rings. The summed E-state index contributed by atoms with van der Waals surface area (Å²) >= 11 is 0. The summed E-state index contributed by atoms with van der Waals surface area (Å²) < 4.78 is 5.32. The highest BCUT2D eigenvalue weighted by molar-refractivity contribution is 5.93. The molecule has 5 heteroatoms. The minimum Gasteiger partial charge on any atom is -0.355 e. The first-order valence-corrected chi connectivity index (χ1v) is 8.72. The third kappa shape index (κ3) is 3.66. The number of hydrogen-bond acceptors (Lipinski definition) is 4. The molecule has 2 aromatic heterocycles. The van der Waals surface area contributed by atoms with Crippen LogP contribution in [0.2, 0.25) is 0 Å². The fourth-order valence-electron chi connectivity index (χ4n) is 3.64. The van der Waals surface area contributed by atoms with Crippen LogP contribution in [0.15, 0.2) is 35.1 Å². The SMILES string of the molecule is CC1CCC(C(C)C)C(NC(=O)c2cc(-c3ccncc3)on2)C1. The fourth-order valence-corrected chi connectivity index (χ4v) is 3.64. The summed E-state index contributed by atoms with van der Waals surface area (Å²) in [5.74, 6) is 2.17. The van der Waals surface area contributed by atoms with E-state index in [2.05, 4.69) is 36.2 Å². The topological polar surface area (TPSA) is 68.0 Å². The third-order valence-corrected chi connectivity index (χ3v) is 5.05. The number of carbonyl (C=O) groups excluding carboxylic acids is 1.